The van der Waals surface area contributed by atoms with Crippen molar-refractivity contribution in [2.45, 2.75) is 0 Å². The second-order valence-corrected chi connectivity index (χ2v) is 5.49. The second-order valence-electron chi connectivity index (χ2n) is 4.32. The van der Waals surface area contributed by atoms with E-state index in [-0.39, 0.29) is 11.3 Å². The summed E-state index contributed by atoms with van der Waals surface area (Å²) >= 11 is 2.00. The molecule has 0 amide bonds. The first-order valence-electron chi connectivity index (χ1n) is 6.31. The average molecular weight is 414 g/mol. The third-order valence-electron chi connectivity index (χ3n) is 2.89. The molecular weight excluding hydrogens is 402 g/mol. The van der Waals surface area contributed by atoms with E-state index in [9.17, 15) is 14.0 Å². The number of esters is 1. The third-order valence-corrected chi connectivity index (χ3v) is 3.83. The lowest BCUT2D eigenvalue weighted by molar-refractivity contribution is 0.0473. The lowest BCUT2D eigenvalue weighted by Gasteiger charge is -2.09. The zero-order valence-electron chi connectivity index (χ0n) is 11.6. The van der Waals surface area contributed by atoms with Gasteiger partial charge in [0.1, 0.15) is 11.6 Å². The van der Waals surface area contributed by atoms with Crippen LogP contribution in [0.4, 0.5) is 4.39 Å². The van der Waals surface area contributed by atoms with Crippen LogP contribution in [0, 0.1) is 9.39 Å². The van der Waals surface area contributed by atoms with Gasteiger partial charge in [-0.2, -0.15) is 0 Å². The minimum Gasteiger partial charge on any atom is -0.496 e. The van der Waals surface area contributed by atoms with Gasteiger partial charge in [0.2, 0.25) is 5.78 Å². The quantitative estimate of drug-likeness (QED) is 0.427. The number of hydrogen-bond donors (Lipinski definition) is 0. The van der Waals surface area contributed by atoms with Crippen molar-refractivity contribution in [2.75, 3.05) is 13.7 Å². The second kappa shape index (κ2) is 7.35. The van der Waals surface area contributed by atoms with Gasteiger partial charge in [0.05, 0.1) is 18.2 Å². The van der Waals surface area contributed by atoms with Gasteiger partial charge in [0.15, 0.2) is 6.61 Å². The Morgan fingerprint density at radius 2 is 1.86 bits per heavy atom. The van der Waals surface area contributed by atoms with Crippen LogP contribution in [-0.4, -0.2) is 25.5 Å². The molecule has 2 aromatic rings. The molecule has 0 saturated carbocycles. The summed E-state index contributed by atoms with van der Waals surface area (Å²) in [6.07, 6.45) is 0. The summed E-state index contributed by atoms with van der Waals surface area (Å²) < 4.78 is 24.0. The summed E-state index contributed by atoms with van der Waals surface area (Å²) in [6.45, 7) is -0.483. The Labute approximate surface area is 140 Å². The van der Waals surface area contributed by atoms with Crippen molar-refractivity contribution in [3.8, 4) is 5.75 Å². The maximum absolute atomic E-state index is 13.2. The highest BCUT2D eigenvalue weighted by Crippen LogP contribution is 2.20. The van der Waals surface area contributed by atoms with Gasteiger partial charge in [0.25, 0.3) is 0 Å². The Morgan fingerprint density at radius 3 is 2.55 bits per heavy atom. The van der Waals surface area contributed by atoms with E-state index >= 15 is 0 Å². The predicted molar refractivity (Wildman–Crippen MR) is 86.7 cm³/mol. The SMILES string of the molecule is COc1ccc(F)cc1C(=O)COC(=O)c1ccccc1I. The molecule has 6 heteroatoms. The zero-order chi connectivity index (χ0) is 16.1. The molecule has 2 aromatic carbocycles. The third kappa shape index (κ3) is 3.82. The Kier molecular flexibility index (Phi) is 5.48. The van der Waals surface area contributed by atoms with Gasteiger partial charge < -0.3 is 9.47 Å². The molecular formula is C16H12FIO4. The van der Waals surface area contributed by atoms with E-state index in [2.05, 4.69) is 0 Å². The number of carbonyl (C=O) groups excluding carboxylic acids is 2. The molecule has 0 aromatic heterocycles. The summed E-state index contributed by atoms with van der Waals surface area (Å²) in [5.74, 6) is -1.46. The number of ether oxygens (including phenoxy) is 2. The van der Waals surface area contributed by atoms with Crippen molar-refractivity contribution in [1.29, 1.82) is 0 Å². The van der Waals surface area contributed by atoms with Gasteiger partial charge >= 0.3 is 5.97 Å². The van der Waals surface area contributed by atoms with Crippen molar-refractivity contribution < 1.29 is 23.5 Å². The van der Waals surface area contributed by atoms with Crippen molar-refractivity contribution >= 4 is 34.3 Å². The molecule has 0 atom stereocenters. The fourth-order valence-electron chi connectivity index (χ4n) is 1.81. The predicted octanol–water partition coefficient (Wildman–Crippen LogP) is 3.48. The first-order chi connectivity index (χ1) is 10.5. The van der Waals surface area contributed by atoms with E-state index in [1.54, 1.807) is 24.3 Å². The molecule has 0 N–H and O–H groups in total. The van der Waals surface area contributed by atoms with E-state index in [0.29, 0.717) is 5.56 Å². The zero-order valence-corrected chi connectivity index (χ0v) is 13.8. The van der Waals surface area contributed by atoms with Gasteiger partial charge in [-0.15, -0.1) is 0 Å². The fourth-order valence-corrected chi connectivity index (χ4v) is 2.42. The van der Waals surface area contributed by atoms with Crippen molar-refractivity contribution in [3.05, 3.63) is 63.0 Å². The number of ketones is 1. The smallest absolute Gasteiger partial charge is 0.339 e. The summed E-state index contributed by atoms with van der Waals surface area (Å²) in [6, 6.07) is 10.5. The molecule has 0 heterocycles. The molecule has 0 spiro atoms. The number of hydrogen-bond acceptors (Lipinski definition) is 4. The molecule has 0 aliphatic carbocycles. The maximum Gasteiger partial charge on any atom is 0.339 e. The maximum atomic E-state index is 13.2. The van der Waals surface area contributed by atoms with Crippen LogP contribution in [0.15, 0.2) is 42.5 Å². The number of methoxy groups -OCH3 is 1. The monoisotopic (exact) mass is 414 g/mol. The molecule has 0 aliphatic rings. The minimum absolute atomic E-state index is 0.0399. The molecule has 114 valence electrons. The molecule has 2 rings (SSSR count). The highest BCUT2D eigenvalue weighted by molar-refractivity contribution is 14.1. The Morgan fingerprint density at radius 1 is 1.14 bits per heavy atom. The van der Waals surface area contributed by atoms with Crippen LogP contribution in [0.3, 0.4) is 0 Å². The van der Waals surface area contributed by atoms with Crippen LogP contribution >= 0.6 is 22.6 Å². The lowest BCUT2D eigenvalue weighted by Crippen LogP contribution is -2.16. The lowest BCUT2D eigenvalue weighted by atomic mass is 10.1. The van der Waals surface area contributed by atoms with Crippen molar-refractivity contribution in [2.24, 2.45) is 0 Å². The van der Waals surface area contributed by atoms with Crippen LogP contribution in [-0.2, 0) is 4.74 Å². The van der Waals surface area contributed by atoms with Crippen LogP contribution in [0.5, 0.6) is 5.75 Å². The van der Waals surface area contributed by atoms with Crippen molar-refractivity contribution in [3.63, 3.8) is 0 Å². The molecule has 0 radical (unpaired) electrons. The van der Waals surface area contributed by atoms with Crippen LogP contribution in [0.2, 0.25) is 0 Å². The Bertz CT molecular complexity index is 715. The largest absolute Gasteiger partial charge is 0.496 e. The van der Waals surface area contributed by atoms with Gasteiger partial charge in [-0.3, -0.25) is 4.79 Å². The first kappa shape index (κ1) is 16.4. The topological polar surface area (TPSA) is 52.6 Å². The Hall–Kier alpha value is -1.96. The molecule has 4 nitrogen and oxygen atoms in total. The van der Waals surface area contributed by atoms with Gasteiger partial charge in [-0.1, -0.05) is 12.1 Å². The van der Waals surface area contributed by atoms with Gasteiger partial charge in [-0.25, -0.2) is 9.18 Å². The van der Waals surface area contributed by atoms with E-state index in [0.717, 1.165) is 9.64 Å². The number of Topliss-reactive ketones (excluding diaryl/α,β-unsaturated/α-hetero) is 1. The van der Waals surface area contributed by atoms with E-state index in [1.807, 2.05) is 22.6 Å². The first-order valence-corrected chi connectivity index (χ1v) is 7.39. The van der Waals surface area contributed by atoms with E-state index in [1.165, 1.54) is 19.2 Å². The summed E-state index contributed by atoms with van der Waals surface area (Å²) in [5, 5.41) is 0. The number of benzene rings is 2. The van der Waals surface area contributed by atoms with Gasteiger partial charge in [-0.05, 0) is 52.9 Å². The molecule has 0 aliphatic heterocycles. The number of rotatable bonds is 5. The van der Waals surface area contributed by atoms with Gasteiger partial charge in [0, 0.05) is 3.57 Å². The Balaban J connectivity index is 2.09. The van der Waals surface area contributed by atoms with Crippen LogP contribution in [0.25, 0.3) is 0 Å². The molecule has 0 bridgehead atoms. The van der Waals surface area contributed by atoms with Crippen molar-refractivity contribution in [1.82, 2.24) is 0 Å². The summed E-state index contributed by atoms with van der Waals surface area (Å²) in [7, 11) is 1.38. The standard InChI is InChI=1S/C16H12FIO4/c1-21-15-7-6-10(17)8-12(15)14(19)9-22-16(20)11-4-2-3-5-13(11)18/h2-8H,9H2,1H3. The normalized spacial score (nSPS) is 10.1. The van der Waals surface area contributed by atoms with E-state index in [4.69, 9.17) is 9.47 Å². The van der Waals surface area contributed by atoms with Crippen LogP contribution < -0.4 is 4.74 Å². The average Bonchev–Trinajstić information content (AvgIpc) is 2.52. The van der Waals surface area contributed by atoms with E-state index < -0.39 is 24.2 Å². The fraction of sp³-hybridized carbons (Fsp3) is 0.125. The molecule has 0 unspecified atom stereocenters. The molecule has 0 saturated heterocycles. The number of carbonyl (C=O) groups is 2. The highest BCUT2D eigenvalue weighted by atomic mass is 127. The van der Waals surface area contributed by atoms with Crippen LogP contribution in [0.1, 0.15) is 20.7 Å². The highest BCUT2D eigenvalue weighted by Gasteiger charge is 2.17. The summed E-state index contributed by atoms with van der Waals surface area (Å²) in [5.41, 5.74) is 0.417. The minimum atomic E-state index is -0.603. The molecule has 22 heavy (non-hydrogen) atoms. The summed E-state index contributed by atoms with van der Waals surface area (Å²) in [4.78, 5) is 24.0. The number of halogens is 2. The molecule has 0 fully saturated rings.